The van der Waals surface area contributed by atoms with Crippen LogP contribution in [-0.2, 0) is 16.0 Å². The maximum absolute atomic E-state index is 12.7. The van der Waals surface area contributed by atoms with Crippen molar-refractivity contribution in [2.45, 2.75) is 50.6 Å². The van der Waals surface area contributed by atoms with Gasteiger partial charge in [0.1, 0.15) is 0 Å². The van der Waals surface area contributed by atoms with Crippen LogP contribution in [-0.4, -0.2) is 37.0 Å². The number of hydrogen-bond acceptors (Lipinski definition) is 3. The van der Waals surface area contributed by atoms with Crippen LogP contribution in [0.5, 0.6) is 0 Å². The summed E-state index contributed by atoms with van der Waals surface area (Å²) in [5.74, 6) is 0.732. The molecule has 2 atom stereocenters. The third kappa shape index (κ3) is 3.68. The fourth-order valence-corrected chi connectivity index (χ4v) is 3.92. The summed E-state index contributed by atoms with van der Waals surface area (Å²) in [6.45, 7) is 1.64. The Labute approximate surface area is 154 Å². The Morgan fingerprint density at radius 3 is 2.77 bits per heavy atom. The van der Waals surface area contributed by atoms with Crippen LogP contribution in [0.2, 0.25) is 0 Å². The second-order valence-corrected chi connectivity index (χ2v) is 7.67. The van der Waals surface area contributed by atoms with Crippen LogP contribution < -0.4 is 15.5 Å². The van der Waals surface area contributed by atoms with Crippen molar-refractivity contribution in [3.8, 4) is 0 Å². The van der Waals surface area contributed by atoms with Crippen molar-refractivity contribution in [3.05, 3.63) is 42.0 Å². The number of rotatable bonds is 6. The van der Waals surface area contributed by atoms with Gasteiger partial charge in [-0.2, -0.15) is 0 Å². The van der Waals surface area contributed by atoms with Crippen LogP contribution in [0.25, 0.3) is 0 Å². The normalized spacial score (nSPS) is 23.2. The molecule has 5 heteroatoms. The lowest BCUT2D eigenvalue weighted by molar-refractivity contribution is -0.125. The first kappa shape index (κ1) is 17.3. The number of amides is 2. The van der Waals surface area contributed by atoms with Gasteiger partial charge in [0.25, 0.3) is 5.91 Å². The van der Waals surface area contributed by atoms with E-state index in [1.165, 1.54) is 24.8 Å². The average molecular weight is 353 g/mol. The molecule has 138 valence electrons. The Morgan fingerprint density at radius 1 is 1.27 bits per heavy atom. The average Bonchev–Trinajstić information content (AvgIpc) is 2.97. The molecular formula is C21H27N3O2. The summed E-state index contributed by atoms with van der Waals surface area (Å²) in [7, 11) is 0. The van der Waals surface area contributed by atoms with Crippen molar-refractivity contribution in [1.29, 1.82) is 0 Å². The zero-order chi connectivity index (χ0) is 17.9. The van der Waals surface area contributed by atoms with E-state index in [2.05, 4.69) is 16.7 Å². The lowest BCUT2D eigenvalue weighted by Crippen LogP contribution is -2.55. The van der Waals surface area contributed by atoms with Gasteiger partial charge in [0.2, 0.25) is 5.91 Å². The number of fused-ring (bicyclic) bond motifs is 1. The molecule has 1 aromatic rings. The van der Waals surface area contributed by atoms with Gasteiger partial charge in [-0.1, -0.05) is 43.5 Å². The first-order valence-corrected chi connectivity index (χ1v) is 9.82. The zero-order valence-corrected chi connectivity index (χ0v) is 15.1. The van der Waals surface area contributed by atoms with Gasteiger partial charge in [-0.3, -0.25) is 9.59 Å². The standard InChI is InChI=1S/C21H27N3O2/c25-20(24-13-11-16-6-1-2-7-19(16)24)9-8-17(14-15-4-3-5-15)23-21(26)18-10-12-22-18/h1-2,6-9,15,17-18,22H,3-5,10-14H2,(H,23,26)/t17-,18+/m1/s1. The summed E-state index contributed by atoms with van der Waals surface area (Å²) < 4.78 is 0. The third-order valence-electron chi connectivity index (χ3n) is 5.90. The van der Waals surface area contributed by atoms with Crippen molar-refractivity contribution in [2.24, 2.45) is 5.92 Å². The fraction of sp³-hybridized carbons (Fsp3) is 0.524. The first-order chi connectivity index (χ1) is 12.7. The van der Waals surface area contributed by atoms with Gasteiger partial charge in [0.05, 0.1) is 6.04 Å². The van der Waals surface area contributed by atoms with E-state index in [1.807, 2.05) is 29.2 Å². The number of hydrogen-bond donors (Lipinski definition) is 2. The molecular weight excluding hydrogens is 326 g/mol. The Bertz CT molecular complexity index is 707. The van der Waals surface area contributed by atoms with Crippen LogP contribution >= 0.6 is 0 Å². The number of carbonyl (C=O) groups excluding carboxylic acids is 2. The lowest BCUT2D eigenvalue weighted by atomic mass is 9.80. The zero-order valence-electron chi connectivity index (χ0n) is 15.1. The van der Waals surface area contributed by atoms with E-state index >= 15 is 0 Å². The highest BCUT2D eigenvalue weighted by molar-refractivity contribution is 6.03. The Morgan fingerprint density at radius 2 is 2.08 bits per heavy atom. The molecule has 3 aliphatic rings. The predicted molar refractivity (Wildman–Crippen MR) is 102 cm³/mol. The summed E-state index contributed by atoms with van der Waals surface area (Å²) in [5, 5.41) is 6.27. The molecule has 2 amide bonds. The summed E-state index contributed by atoms with van der Waals surface area (Å²) in [6, 6.07) is 7.95. The Balaban J connectivity index is 1.40. The van der Waals surface area contributed by atoms with Crippen LogP contribution in [0.3, 0.4) is 0 Å². The molecule has 2 N–H and O–H groups in total. The Kier molecular flexibility index (Phi) is 5.07. The highest BCUT2D eigenvalue weighted by Crippen LogP contribution is 2.31. The molecule has 0 spiro atoms. The molecule has 2 heterocycles. The molecule has 1 saturated heterocycles. The summed E-state index contributed by atoms with van der Waals surface area (Å²) >= 11 is 0. The smallest absolute Gasteiger partial charge is 0.250 e. The predicted octanol–water partition coefficient (Wildman–Crippen LogP) is 2.17. The molecule has 26 heavy (non-hydrogen) atoms. The van der Waals surface area contributed by atoms with E-state index in [9.17, 15) is 9.59 Å². The van der Waals surface area contributed by atoms with Crippen molar-refractivity contribution in [2.75, 3.05) is 18.0 Å². The van der Waals surface area contributed by atoms with E-state index in [0.29, 0.717) is 5.92 Å². The van der Waals surface area contributed by atoms with E-state index in [-0.39, 0.29) is 23.9 Å². The van der Waals surface area contributed by atoms with E-state index in [1.54, 1.807) is 6.08 Å². The molecule has 0 aromatic heterocycles. The summed E-state index contributed by atoms with van der Waals surface area (Å²) in [5.41, 5.74) is 2.24. The molecule has 1 aliphatic carbocycles. The van der Waals surface area contributed by atoms with Crippen LogP contribution in [0.4, 0.5) is 5.69 Å². The molecule has 5 nitrogen and oxygen atoms in total. The lowest BCUT2D eigenvalue weighted by Gasteiger charge is -2.32. The number of nitrogens with zero attached hydrogens (tertiary/aromatic N) is 1. The SMILES string of the molecule is O=C(N[C@H](C=CC(=O)N1CCc2ccccc21)CC1CCC1)[C@@H]1CCN1. The molecule has 2 aliphatic heterocycles. The van der Waals surface area contributed by atoms with Crippen molar-refractivity contribution < 1.29 is 9.59 Å². The minimum atomic E-state index is -0.0616. The van der Waals surface area contributed by atoms with Gasteiger partial charge in [0.15, 0.2) is 0 Å². The molecule has 4 rings (SSSR count). The number of benzene rings is 1. The maximum Gasteiger partial charge on any atom is 0.250 e. The first-order valence-electron chi connectivity index (χ1n) is 9.82. The molecule has 2 fully saturated rings. The van der Waals surface area contributed by atoms with Crippen LogP contribution in [0.15, 0.2) is 36.4 Å². The fourth-order valence-electron chi connectivity index (χ4n) is 3.92. The van der Waals surface area contributed by atoms with Crippen molar-refractivity contribution >= 4 is 17.5 Å². The van der Waals surface area contributed by atoms with Gasteiger partial charge in [0, 0.05) is 24.4 Å². The van der Waals surface area contributed by atoms with Gasteiger partial charge in [-0.25, -0.2) is 0 Å². The molecule has 0 radical (unpaired) electrons. The molecule has 1 saturated carbocycles. The highest BCUT2D eigenvalue weighted by atomic mass is 16.2. The quantitative estimate of drug-likeness (QED) is 0.771. The monoisotopic (exact) mass is 353 g/mol. The van der Waals surface area contributed by atoms with Crippen LogP contribution in [0.1, 0.15) is 37.7 Å². The van der Waals surface area contributed by atoms with Gasteiger partial charge in [-0.05, 0) is 43.4 Å². The van der Waals surface area contributed by atoms with Crippen molar-refractivity contribution in [3.63, 3.8) is 0 Å². The van der Waals surface area contributed by atoms with E-state index in [4.69, 9.17) is 0 Å². The second-order valence-electron chi connectivity index (χ2n) is 7.67. The second kappa shape index (κ2) is 7.62. The largest absolute Gasteiger partial charge is 0.349 e. The number of anilines is 1. The molecule has 1 aromatic carbocycles. The Hall–Kier alpha value is -2.14. The minimum absolute atomic E-state index is 0.00424. The number of carbonyl (C=O) groups is 2. The maximum atomic E-state index is 12.7. The van der Waals surface area contributed by atoms with Gasteiger partial charge >= 0.3 is 0 Å². The number of para-hydroxylation sites is 1. The summed E-state index contributed by atoms with van der Waals surface area (Å²) in [4.78, 5) is 26.8. The topological polar surface area (TPSA) is 61.4 Å². The van der Waals surface area contributed by atoms with Crippen LogP contribution in [0, 0.1) is 5.92 Å². The van der Waals surface area contributed by atoms with Crippen molar-refractivity contribution in [1.82, 2.24) is 10.6 Å². The molecule has 0 unspecified atom stereocenters. The third-order valence-corrected chi connectivity index (χ3v) is 5.90. The highest BCUT2D eigenvalue weighted by Gasteiger charge is 2.28. The summed E-state index contributed by atoms with van der Waals surface area (Å²) in [6.07, 6.45) is 10.0. The van der Waals surface area contributed by atoms with E-state index < -0.39 is 0 Å². The van der Waals surface area contributed by atoms with Gasteiger partial charge in [-0.15, -0.1) is 0 Å². The molecule has 0 bridgehead atoms. The van der Waals surface area contributed by atoms with Gasteiger partial charge < -0.3 is 15.5 Å². The van der Waals surface area contributed by atoms with E-state index in [0.717, 1.165) is 38.0 Å². The minimum Gasteiger partial charge on any atom is -0.349 e. The number of nitrogens with one attached hydrogen (secondary N) is 2.